The molecule has 228 valence electrons. The number of rotatable bonds is 0. The molecule has 2 atom stereocenters. The summed E-state index contributed by atoms with van der Waals surface area (Å²) in [6.45, 7) is 7.53. The first-order valence-corrected chi connectivity index (χ1v) is 15.1. The van der Waals surface area contributed by atoms with Crippen LogP contribution in [0.4, 0.5) is 0 Å². The monoisotopic (exact) mass is 846 g/mol. The third kappa shape index (κ3) is 7.53. The molecule has 0 saturated heterocycles. The van der Waals surface area contributed by atoms with E-state index < -0.39 is 5.54 Å². The van der Waals surface area contributed by atoms with Crippen molar-refractivity contribution in [2.75, 3.05) is 6.61 Å². The number of hydrogen-bond donors (Lipinski definition) is 1. The van der Waals surface area contributed by atoms with Gasteiger partial charge in [0.1, 0.15) is 27.2 Å². The molecule has 5 aromatic rings. The summed E-state index contributed by atoms with van der Waals surface area (Å²) >= 11 is 18.8. The SMILES string of the molecule is C=[C-]C.CC1COC(N)=NC12c1cc(Br)ccc1Oc1cnc(Cl)cc12.O=c1c2cc(Br)ccc2oc2cnc(Cl)cc12.[Br-].[Mg+2]. The van der Waals surface area contributed by atoms with Gasteiger partial charge in [-0.25, -0.2) is 15.0 Å². The Kier molecular flexibility index (Phi) is 12.9. The van der Waals surface area contributed by atoms with Crippen molar-refractivity contribution in [3.63, 3.8) is 0 Å². The molecule has 8 nitrogen and oxygen atoms in total. The summed E-state index contributed by atoms with van der Waals surface area (Å²) in [6, 6.07) is 14.6. The maximum atomic E-state index is 12.2. The van der Waals surface area contributed by atoms with Crippen LogP contribution in [0.2, 0.25) is 10.3 Å². The normalized spacial score (nSPS) is 17.3. The van der Waals surface area contributed by atoms with Crippen LogP contribution in [0, 0.1) is 12.0 Å². The van der Waals surface area contributed by atoms with Gasteiger partial charge in [0.05, 0.1) is 29.8 Å². The van der Waals surface area contributed by atoms with Crippen molar-refractivity contribution in [3.8, 4) is 11.5 Å². The Morgan fingerprint density at radius 3 is 2.29 bits per heavy atom. The van der Waals surface area contributed by atoms with Crippen LogP contribution in [0.1, 0.15) is 25.0 Å². The number of ether oxygens (including phenoxy) is 2. The second-order valence-corrected chi connectivity index (χ2v) is 12.2. The maximum absolute atomic E-state index is 12.2. The number of hydrogen-bond acceptors (Lipinski definition) is 8. The first kappa shape index (κ1) is 37.3. The number of aliphatic imine (C=N–C) groups is 1. The molecule has 2 aliphatic heterocycles. The largest absolute Gasteiger partial charge is 2.00 e. The van der Waals surface area contributed by atoms with Crippen molar-refractivity contribution in [2.45, 2.75) is 19.4 Å². The molecular weight excluding hydrogens is 827 g/mol. The molecule has 3 aromatic heterocycles. The average molecular weight is 850 g/mol. The number of nitrogens with two attached hydrogens (primary N) is 1. The molecule has 5 heterocycles. The van der Waals surface area contributed by atoms with Crippen LogP contribution in [0.15, 0.2) is 90.7 Å². The molecule has 0 amide bonds. The molecule has 45 heavy (non-hydrogen) atoms. The molecule has 14 heteroatoms. The molecule has 2 unspecified atom stereocenters. The van der Waals surface area contributed by atoms with E-state index in [4.69, 9.17) is 47.8 Å². The minimum atomic E-state index is -0.707. The quantitative estimate of drug-likeness (QED) is 0.0988. The molecule has 2 N–H and O–H groups in total. The van der Waals surface area contributed by atoms with E-state index in [0.29, 0.717) is 39.4 Å². The summed E-state index contributed by atoms with van der Waals surface area (Å²) < 4.78 is 18.8. The van der Waals surface area contributed by atoms with Crippen molar-refractivity contribution in [1.82, 2.24) is 9.97 Å². The Morgan fingerprint density at radius 2 is 1.56 bits per heavy atom. The van der Waals surface area contributed by atoms with Crippen LogP contribution < -0.4 is 32.9 Å². The molecule has 0 radical (unpaired) electrons. The fourth-order valence-electron chi connectivity index (χ4n) is 4.96. The van der Waals surface area contributed by atoms with Gasteiger partial charge in [-0.15, -0.1) is 0 Å². The van der Waals surface area contributed by atoms with Crippen LogP contribution in [0.5, 0.6) is 11.5 Å². The van der Waals surface area contributed by atoms with E-state index in [0.717, 1.165) is 25.8 Å². The molecule has 7 rings (SSSR count). The second kappa shape index (κ2) is 15.6. The van der Waals surface area contributed by atoms with Gasteiger partial charge in [-0.3, -0.25) is 11.4 Å². The van der Waals surface area contributed by atoms with Crippen LogP contribution in [0.25, 0.3) is 21.9 Å². The number of aromatic nitrogens is 2. The van der Waals surface area contributed by atoms with Crippen molar-refractivity contribution in [1.29, 1.82) is 0 Å². The predicted molar refractivity (Wildman–Crippen MR) is 182 cm³/mol. The molecule has 0 bridgehead atoms. The number of amidine groups is 1. The van der Waals surface area contributed by atoms with Gasteiger partial charge in [0.25, 0.3) is 6.02 Å². The number of nitrogens with zero attached hydrogens (tertiary/aromatic N) is 3. The first-order chi connectivity index (χ1) is 20.6. The van der Waals surface area contributed by atoms with Crippen molar-refractivity contribution >= 4 is 106 Å². The van der Waals surface area contributed by atoms with Crippen molar-refractivity contribution in [2.24, 2.45) is 16.6 Å². The zero-order valence-corrected chi connectivity index (χ0v) is 31.6. The number of allylic oxidation sites excluding steroid dienone is 1. The third-order valence-corrected chi connectivity index (χ3v) is 8.18. The summed E-state index contributed by atoms with van der Waals surface area (Å²) in [5.41, 5.74) is 7.86. The van der Waals surface area contributed by atoms with E-state index in [1.165, 1.54) is 12.3 Å². The van der Waals surface area contributed by atoms with Gasteiger partial charge < -0.3 is 42.7 Å². The van der Waals surface area contributed by atoms with Crippen molar-refractivity contribution in [3.05, 3.63) is 114 Å². The average Bonchev–Trinajstić information content (AvgIpc) is 2.98. The first-order valence-electron chi connectivity index (χ1n) is 12.8. The van der Waals surface area contributed by atoms with Gasteiger partial charge in [0.15, 0.2) is 11.3 Å². The Hall–Kier alpha value is -2.19. The second-order valence-electron chi connectivity index (χ2n) is 9.60. The molecule has 0 fully saturated rings. The summed E-state index contributed by atoms with van der Waals surface area (Å²) in [7, 11) is 0. The topological polar surface area (TPSA) is 113 Å². The van der Waals surface area contributed by atoms with Crippen LogP contribution in [0.3, 0.4) is 0 Å². The van der Waals surface area contributed by atoms with E-state index in [2.05, 4.69) is 61.4 Å². The van der Waals surface area contributed by atoms with Gasteiger partial charge in [-0.1, -0.05) is 62.0 Å². The molecule has 1 spiro atoms. The van der Waals surface area contributed by atoms with Gasteiger partial charge in [-0.2, -0.15) is 6.92 Å². The summed E-state index contributed by atoms with van der Waals surface area (Å²) in [5, 5.41) is 1.63. The van der Waals surface area contributed by atoms with Gasteiger partial charge in [0, 0.05) is 26.0 Å². The zero-order chi connectivity index (χ0) is 30.9. The van der Waals surface area contributed by atoms with E-state index in [1.54, 1.807) is 31.3 Å². The van der Waals surface area contributed by atoms with Gasteiger partial charge >= 0.3 is 23.1 Å². The Bertz CT molecular complexity index is 1860. The molecule has 2 aromatic carbocycles. The van der Waals surface area contributed by atoms with E-state index in [1.807, 2.05) is 24.3 Å². The number of benzene rings is 2. The van der Waals surface area contributed by atoms with Gasteiger partial charge in [0.2, 0.25) is 5.43 Å². The fraction of sp³-hybridized carbons (Fsp3) is 0.161. The fourth-order valence-corrected chi connectivity index (χ4v) is 5.99. The van der Waals surface area contributed by atoms with Crippen LogP contribution >= 0.6 is 55.1 Å². The maximum Gasteiger partial charge on any atom is 2.00 e. The minimum absolute atomic E-state index is 0. The summed E-state index contributed by atoms with van der Waals surface area (Å²) in [4.78, 5) is 25.0. The van der Waals surface area contributed by atoms with Crippen molar-refractivity contribution < 1.29 is 30.9 Å². The van der Waals surface area contributed by atoms with Crippen LogP contribution in [-0.2, 0) is 10.3 Å². The summed E-state index contributed by atoms with van der Waals surface area (Å²) in [5.74, 6) is 1.41. The van der Waals surface area contributed by atoms with Gasteiger partial charge in [-0.05, 0) is 48.5 Å². The molecule has 0 aliphatic carbocycles. The molecular formula is C31H23Br3Cl2MgN4O4. The minimum Gasteiger partial charge on any atom is -1.00 e. The molecule has 2 aliphatic rings. The Labute approximate surface area is 312 Å². The van der Waals surface area contributed by atoms with E-state index in [-0.39, 0.29) is 62.6 Å². The number of halogens is 5. The standard InChI is InChI=1S/C16H13BrClN3O2.C12H5BrClNO2.C3H5.BrH.Mg/c1-8-7-22-15(19)21-16(8)10-4-9(17)2-3-12(10)23-13-6-20-14(18)5-11(13)16;13-6-1-2-9-7(3-6)12(16)8-4-11(14)15-5-10(8)17-9;1-3-2;;/h2-6,8H,7H2,1H3,(H2,19,21);1-5H;1H2,2H3;1H;/q;;-1;;+2/p-1. The predicted octanol–water partition coefficient (Wildman–Crippen LogP) is 5.20. The number of fused-ring (bicyclic) bond motifs is 6. The number of pyridine rings is 2. The third-order valence-electron chi connectivity index (χ3n) is 6.78. The van der Waals surface area contributed by atoms with Crippen LogP contribution in [-0.4, -0.2) is 45.6 Å². The Morgan fingerprint density at radius 1 is 0.956 bits per heavy atom. The van der Waals surface area contributed by atoms with E-state index >= 15 is 0 Å². The molecule has 0 saturated carbocycles. The Balaban J connectivity index is 0.000000224. The zero-order valence-electron chi connectivity index (χ0n) is 23.9. The smallest absolute Gasteiger partial charge is 1.00 e. The summed E-state index contributed by atoms with van der Waals surface area (Å²) in [6.07, 6.45) is 5.58. The van der Waals surface area contributed by atoms with E-state index in [9.17, 15) is 4.79 Å².